The largest absolute Gasteiger partial charge is 0.305 e. The second kappa shape index (κ2) is 11.9. The number of terminal acetylenes is 3. The van der Waals surface area contributed by atoms with Gasteiger partial charge in [0.2, 0.25) is 0 Å². The maximum Gasteiger partial charge on any atom is 0.0636 e. The van der Waals surface area contributed by atoms with Gasteiger partial charge >= 0.3 is 0 Å². The molecule has 0 saturated carbocycles. The van der Waals surface area contributed by atoms with E-state index in [-0.39, 0.29) is 0 Å². The number of allylic oxidation sites excluding steroid dienone is 2. The van der Waals surface area contributed by atoms with Gasteiger partial charge in [-0.05, 0) is 57.7 Å². The average Bonchev–Trinajstić information content (AvgIpc) is 2.97. The third-order valence-corrected chi connectivity index (χ3v) is 6.04. The zero-order valence-electron chi connectivity index (χ0n) is 20.7. The van der Waals surface area contributed by atoms with Crippen LogP contribution in [0.1, 0.15) is 22.3 Å². The van der Waals surface area contributed by atoms with Gasteiger partial charge in [-0.2, -0.15) is 0 Å². The SMILES string of the molecule is C#CN(C)c1ccc(/C(=C\C=C(c2ccccc2)c2ccccc2)c2ccc(N(C#C)C#C)cc2)cc1. The average molecular weight is 475 g/mol. The molecule has 2 nitrogen and oxygen atoms in total. The summed E-state index contributed by atoms with van der Waals surface area (Å²) in [6.45, 7) is 0. The van der Waals surface area contributed by atoms with Gasteiger partial charge in [0, 0.05) is 30.9 Å². The standard InChI is InChI=1S/C35H26N2/c1-5-36(4)32-22-18-30(19-23-32)35(31-20-24-33(25-21-31)37(6-2)7-3)27-26-34(28-14-10-8-11-15-28)29-16-12-9-13-17-29/h1-3,8-27H,4H3/b35-27+. The lowest BCUT2D eigenvalue weighted by Gasteiger charge is -2.15. The minimum atomic E-state index is 0.767. The van der Waals surface area contributed by atoms with Crippen LogP contribution in [0.3, 0.4) is 0 Å². The molecule has 0 atom stereocenters. The summed E-state index contributed by atoms with van der Waals surface area (Å²) < 4.78 is 0. The summed E-state index contributed by atoms with van der Waals surface area (Å²) in [6.07, 6.45) is 21.0. The van der Waals surface area contributed by atoms with Crippen molar-refractivity contribution in [2.45, 2.75) is 0 Å². The second-order valence-corrected chi connectivity index (χ2v) is 8.27. The molecule has 0 spiro atoms. The molecule has 0 unspecified atom stereocenters. The Labute approximate surface area is 220 Å². The normalized spacial score (nSPS) is 10.4. The highest BCUT2D eigenvalue weighted by molar-refractivity contribution is 5.87. The van der Waals surface area contributed by atoms with E-state index in [0.717, 1.165) is 44.8 Å². The molecule has 0 aliphatic rings. The highest BCUT2D eigenvalue weighted by atomic mass is 15.1. The van der Waals surface area contributed by atoms with E-state index >= 15 is 0 Å². The Hall–Kier alpha value is -5.36. The topological polar surface area (TPSA) is 6.48 Å². The first-order chi connectivity index (χ1) is 18.1. The van der Waals surface area contributed by atoms with Crippen LogP contribution in [0.2, 0.25) is 0 Å². The van der Waals surface area contributed by atoms with Crippen LogP contribution >= 0.6 is 0 Å². The molecule has 0 N–H and O–H groups in total. The van der Waals surface area contributed by atoms with Gasteiger partial charge in [0.05, 0.1) is 5.69 Å². The van der Waals surface area contributed by atoms with Gasteiger partial charge in [-0.3, -0.25) is 0 Å². The van der Waals surface area contributed by atoms with E-state index in [1.165, 1.54) is 4.90 Å². The van der Waals surface area contributed by atoms with Crippen LogP contribution < -0.4 is 9.80 Å². The summed E-state index contributed by atoms with van der Waals surface area (Å²) in [5, 5.41) is 0. The summed E-state index contributed by atoms with van der Waals surface area (Å²) in [4.78, 5) is 3.17. The molecule has 0 radical (unpaired) electrons. The van der Waals surface area contributed by atoms with Gasteiger partial charge in [0.15, 0.2) is 0 Å². The predicted octanol–water partition coefficient (Wildman–Crippen LogP) is 7.26. The molecule has 0 saturated heterocycles. The Morgan fingerprint density at radius 3 is 1.27 bits per heavy atom. The van der Waals surface area contributed by atoms with Crippen LogP contribution in [0.4, 0.5) is 11.4 Å². The van der Waals surface area contributed by atoms with E-state index in [0.29, 0.717) is 0 Å². The van der Waals surface area contributed by atoms with E-state index < -0.39 is 0 Å². The Bertz CT molecular complexity index is 1470. The number of nitrogens with zero attached hydrogens (tertiary/aromatic N) is 2. The molecule has 0 amide bonds. The maximum atomic E-state index is 5.57. The summed E-state index contributed by atoms with van der Waals surface area (Å²) >= 11 is 0. The Balaban J connectivity index is 1.85. The number of rotatable bonds is 7. The lowest BCUT2D eigenvalue weighted by molar-refractivity contribution is 1.25. The molecule has 2 heteroatoms. The fourth-order valence-electron chi connectivity index (χ4n) is 4.04. The lowest BCUT2D eigenvalue weighted by Crippen LogP contribution is -2.07. The van der Waals surface area contributed by atoms with E-state index in [2.05, 4.69) is 90.9 Å². The molecule has 176 valence electrons. The molecule has 0 bridgehead atoms. The van der Waals surface area contributed by atoms with Crippen molar-refractivity contribution in [2.24, 2.45) is 0 Å². The molecule has 37 heavy (non-hydrogen) atoms. The Morgan fingerprint density at radius 1 is 0.514 bits per heavy atom. The van der Waals surface area contributed by atoms with Crippen molar-refractivity contribution in [3.8, 4) is 37.4 Å². The predicted molar refractivity (Wildman–Crippen MR) is 157 cm³/mol. The third kappa shape index (κ3) is 5.83. The van der Waals surface area contributed by atoms with Crippen LogP contribution in [0.5, 0.6) is 0 Å². The van der Waals surface area contributed by atoms with Gasteiger partial charge in [-0.25, -0.2) is 4.90 Å². The van der Waals surface area contributed by atoms with Crippen molar-refractivity contribution < 1.29 is 0 Å². The summed E-state index contributed by atoms with van der Waals surface area (Å²) in [7, 11) is 1.86. The first-order valence-corrected chi connectivity index (χ1v) is 11.8. The van der Waals surface area contributed by atoms with E-state index in [9.17, 15) is 0 Å². The van der Waals surface area contributed by atoms with Crippen molar-refractivity contribution in [3.05, 3.63) is 144 Å². The fourth-order valence-corrected chi connectivity index (χ4v) is 4.04. The highest BCUT2D eigenvalue weighted by Crippen LogP contribution is 2.30. The van der Waals surface area contributed by atoms with Gasteiger partial charge in [0.1, 0.15) is 0 Å². The van der Waals surface area contributed by atoms with Crippen molar-refractivity contribution >= 4 is 22.5 Å². The van der Waals surface area contributed by atoms with E-state index in [1.54, 1.807) is 4.90 Å². The van der Waals surface area contributed by atoms with Crippen molar-refractivity contribution in [2.75, 3.05) is 16.8 Å². The number of hydrogen-bond acceptors (Lipinski definition) is 2. The first kappa shape index (κ1) is 24.8. The van der Waals surface area contributed by atoms with Gasteiger partial charge in [-0.1, -0.05) is 116 Å². The second-order valence-electron chi connectivity index (χ2n) is 8.27. The highest BCUT2D eigenvalue weighted by Gasteiger charge is 2.09. The van der Waals surface area contributed by atoms with E-state index in [1.807, 2.05) is 55.6 Å². The van der Waals surface area contributed by atoms with Crippen molar-refractivity contribution in [1.82, 2.24) is 0 Å². The molecule has 4 aromatic carbocycles. The lowest BCUT2D eigenvalue weighted by atomic mass is 9.93. The smallest absolute Gasteiger partial charge is 0.0636 e. The summed E-state index contributed by atoms with van der Waals surface area (Å²) in [6, 6.07) is 44.5. The van der Waals surface area contributed by atoms with Gasteiger partial charge in [-0.15, -0.1) is 0 Å². The summed E-state index contributed by atoms with van der Waals surface area (Å²) in [5.74, 6) is 0. The molecule has 0 aliphatic carbocycles. The molecule has 0 aliphatic heterocycles. The van der Waals surface area contributed by atoms with E-state index in [4.69, 9.17) is 19.3 Å². The van der Waals surface area contributed by atoms with Crippen molar-refractivity contribution in [3.63, 3.8) is 0 Å². The minimum absolute atomic E-state index is 0.767. The third-order valence-electron chi connectivity index (χ3n) is 6.04. The Kier molecular flexibility index (Phi) is 7.94. The van der Waals surface area contributed by atoms with Gasteiger partial charge < -0.3 is 4.90 Å². The van der Waals surface area contributed by atoms with Crippen LogP contribution in [0.25, 0.3) is 11.1 Å². The quantitative estimate of drug-likeness (QED) is 0.158. The van der Waals surface area contributed by atoms with Crippen LogP contribution in [-0.2, 0) is 0 Å². The number of anilines is 2. The Morgan fingerprint density at radius 2 is 0.892 bits per heavy atom. The minimum Gasteiger partial charge on any atom is -0.305 e. The molecule has 0 fully saturated rings. The summed E-state index contributed by atoms with van der Waals surface area (Å²) in [5.41, 5.74) is 8.28. The van der Waals surface area contributed by atoms with Crippen LogP contribution in [-0.4, -0.2) is 7.05 Å². The van der Waals surface area contributed by atoms with Crippen LogP contribution in [0.15, 0.2) is 121 Å². The maximum absolute atomic E-state index is 5.57. The number of benzene rings is 4. The van der Waals surface area contributed by atoms with Crippen LogP contribution in [0, 0.1) is 37.4 Å². The zero-order chi connectivity index (χ0) is 26.0. The zero-order valence-corrected chi connectivity index (χ0v) is 20.7. The molecule has 4 rings (SSSR count). The molecular formula is C35H26N2. The van der Waals surface area contributed by atoms with Crippen molar-refractivity contribution in [1.29, 1.82) is 0 Å². The monoisotopic (exact) mass is 474 g/mol. The first-order valence-electron chi connectivity index (χ1n) is 11.8. The number of hydrogen-bond donors (Lipinski definition) is 0. The molecule has 4 aromatic rings. The van der Waals surface area contributed by atoms with Gasteiger partial charge in [0.25, 0.3) is 0 Å². The fraction of sp³-hybridized carbons (Fsp3) is 0.0286. The molecular weight excluding hydrogens is 448 g/mol. The molecule has 0 heterocycles. The molecule has 0 aromatic heterocycles.